The topological polar surface area (TPSA) is 81.4 Å². The van der Waals surface area contributed by atoms with Gasteiger partial charge in [0.15, 0.2) is 11.5 Å². The fourth-order valence-corrected chi connectivity index (χ4v) is 3.60. The number of fused-ring (bicyclic) bond motifs is 1. The standard InChI is InChI=1S/C22H23NO6/c1-26-19-7-4-14(10-20(19)27-2)17-12-29-22-15(21(17)25)5-6-18(24)16(22)11-23-8-3-9-28-13-23/h4-7,10,12,24H,3,8-9,11,13H2,1-2H3. The lowest BCUT2D eigenvalue weighted by Gasteiger charge is -2.26. The lowest BCUT2D eigenvalue weighted by molar-refractivity contribution is -0.0178. The van der Waals surface area contributed by atoms with Gasteiger partial charge in [-0.05, 0) is 36.2 Å². The second-order valence-electron chi connectivity index (χ2n) is 6.93. The van der Waals surface area contributed by atoms with Gasteiger partial charge >= 0.3 is 0 Å². The third kappa shape index (κ3) is 3.66. The van der Waals surface area contributed by atoms with Crippen molar-refractivity contribution in [2.75, 3.05) is 34.1 Å². The first-order valence-electron chi connectivity index (χ1n) is 9.41. The molecule has 4 rings (SSSR count). The third-order valence-corrected chi connectivity index (χ3v) is 5.13. The summed E-state index contributed by atoms with van der Waals surface area (Å²) in [6.45, 7) is 2.54. The fraction of sp³-hybridized carbons (Fsp3) is 0.318. The maximum absolute atomic E-state index is 13.2. The molecule has 7 heteroatoms. The van der Waals surface area contributed by atoms with E-state index in [0.717, 1.165) is 19.6 Å². The molecule has 0 atom stereocenters. The van der Waals surface area contributed by atoms with E-state index in [2.05, 4.69) is 4.90 Å². The van der Waals surface area contributed by atoms with Crippen LogP contribution in [0.15, 0.2) is 45.8 Å². The van der Waals surface area contributed by atoms with E-state index in [9.17, 15) is 9.90 Å². The van der Waals surface area contributed by atoms with Gasteiger partial charge in [0.25, 0.3) is 0 Å². The van der Waals surface area contributed by atoms with Crippen LogP contribution in [0.4, 0.5) is 0 Å². The first kappa shape index (κ1) is 19.3. The molecule has 3 aromatic rings. The van der Waals surface area contributed by atoms with E-state index < -0.39 is 0 Å². The summed E-state index contributed by atoms with van der Waals surface area (Å²) in [6.07, 6.45) is 2.36. The molecule has 152 valence electrons. The SMILES string of the molecule is COc1ccc(-c2coc3c(CN4CCCOC4)c(O)ccc3c2=O)cc1OC. The summed E-state index contributed by atoms with van der Waals surface area (Å²) in [5.41, 5.74) is 1.89. The normalized spacial score (nSPS) is 14.8. The Morgan fingerprint density at radius 2 is 1.97 bits per heavy atom. The smallest absolute Gasteiger partial charge is 0.200 e. The Morgan fingerprint density at radius 1 is 1.14 bits per heavy atom. The minimum Gasteiger partial charge on any atom is -0.507 e. The first-order valence-corrected chi connectivity index (χ1v) is 9.41. The van der Waals surface area contributed by atoms with Crippen LogP contribution < -0.4 is 14.9 Å². The molecule has 1 aliphatic rings. The number of nitrogens with zero attached hydrogens (tertiary/aromatic N) is 1. The summed E-state index contributed by atoms with van der Waals surface area (Å²) in [5.74, 6) is 1.21. The minimum atomic E-state index is -0.172. The Labute approximate surface area is 168 Å². The second-order valence-corrected chi connectivity index (χ2v) is 6.93. The third-order valence-electron chi connectivity index (χ3n) is 5.13. The quantitative estimate of drug-likeness (QED) is 0.707. The summed E-state index contributed by atoms with van der Waals surface area (Å²) >= 11 is 0. The molecule has 1 fully saturated rings. The van der Waals surface area contributed by atoms with Crippen molar-refractivity contribution in [1.29, 1.82) is 0 Å². The molecule has 1 aliphatic heterocycles. The highest BCUT2D eigenvalue weighted by Gasteiger charge is 2.19. The number of aromatic hydroxyl groups is 1. The predicted octanol–water partition coefficient (Wildman–Crippen LogP) is 3.36. The van der Waals surface area contributed by atoms with Crippen molar-refractivity contribution in [2.24, 2.45) is 0 Å². The van der Waals surface area contributed by atoms with Crippen molar-refractivity contribution < 1.29 is 23.7 Å². The van der Waals surface area contributed by atoms with Crippen LogP contribution in [0.2, 0.25) is 0 Å². The molecule has 1 saturated heterocycles. The van der Waals surface area contributed by atoms with Gasteiger partial charge in [0.1, 0.15) is 17.6 Å². The van der Waals surface area contributed by atoms with E-state index in [-0.39, 0.29) is 11.2 Å². The maximum Gasteiger partial charge on any atom is 0.200 e. The molecule has 1 aromatic heterocycles. The molecule has 0 spiro atoms. The van der Waals surface area contributed by atoms with Crippen LogP contribution in [0.25, 0.3) is 22.1 Å². The molecule has 1 N–H and O–H groups in total. The lowest BCUT2D eigenvalue weighted by Crippen LogP contribution is -2.32. The average molecular weight is 397 g/mol. The van der Waals surface area contributed by atoms with Gasteiger partial charge in [-0.15, -0.1) is 0 Å². The number of phenolic OH excluding ortho intramolecular Hbond substituents is 1. The molecule has 0 saturated carbocycles. The van der Waals surface area contributed by atoms with E-state index in [1.807, 2.05) is 0 Å². The zero-order chi connectivity index (χ0) is 20.4. The van der Waals surface area contributed by atoms with Crippen molar-refractivity contribution in [1.82, 2.24) is 4.90 Å². The maximum atomic E-state index is 13.2. The zero-order valence-corrected chi connectivity index (χ0v) is 16.4. The molecule has 0 amide bonds. The number of hydrogen-bond donors (Lipinski definition) is 1. The highest BCUT2D eigenvalue weighted by atomic mass is 16.5. The monoisotopic (exact) mass is 397 g/mol. The predicted molar refractivity (Wildman–Crippen MR) is 109 cm³/mol. The van der Waals surface area contributed by atoms with Gasteiger partial charge in [-0.3, -0.25) is 9.69 Å². The molecule has 29 heavy (non-hydrogen) atoms. The molecule has 2 heterocycles. The molecular weight excluding hydrogens is 374 g/mol. The van der Waals surface area contributed by atoms with Gasteiger partial charge in [0, 0.05) is 19.7 Å². The van der Waals surface area contributed by atoms with Crippen molar-refractivity contribution in [3.05, 3.63) is 52.4 Å². The van der Waals surface area contributed by atoms with Crippen LogP contribution in [-0.4, -0.2) is 44.1 Å². The summed E-state index contributed by atoms with van der Waals surface area (Å²) in [7, 11) is 3.10. The van der Waals surface area contributed by atoms with Crippen molar-refractivity contribution in [3.8, 4) is 28.4 Å². The second kappa shape index (κ2) is 8.14. The number of ether oxygens (including phenoxy) is 3. The van der Waals surface area contributed by atoms with Crippen LogP contribution in [0.5, 0.6) is 17.2 Å². The number of phenols is 1. The van der Waals surface area contributed by atoms with Gasteiger partial charge in [-0.2, -0.15) is 0 Å². The number of rotatable bonds is 5. The van der Waals surface area contributed by atoms with E-state index in [1.54, 1.807) is 38.5 Å². The van der Waals surface area contributed by atoms with Crippen molar-refractivity contribution >= 4 is 11.0 Å². The molecule has 0 bridgehead atoms. The minimum absolute atomic E-state index is 0.102. The summed E-state index contributed by atoms with van der Waals surface area (Å²) in [6, 6.07) is 8.40. The van der Waals surface area contributed by atoms with Gasteiger partial charge < -0.3 is 23.7 Å². The largest absolute Gasteiger partial charge is 0.507 e. The van der Waals surface area contributed by atoms with E-state index in [4.69, 9.17) is 18.6 Å². The Kier molecular flexibility index (Phi) is 5.42. The number of benzene rings is 2. The average Bonchev–Trinajstić information content (AvgIpc) is 2.76. The molecule has 2 aromatic carbocycles. The van der Waals surface area contributed by atoms with Crippen molar-refractivity contribution in [2.45, 2.75) is 13.0 Å². The molecule has 0 radical (unpaired) electrons. The Balaban J connectivity index is 1.78. The summed E-state index contributed by atoms with van der Waals surface area (Å²) in [4.78, 5) is 15.3. The molecule has 7 nitrogen and oxygen atoms in total. The van der Waals surface area contributed by atoms with Gasteiger partial charge in [0.05, 0.1) is 37.5 Å². The van der Waals surface area contributed by atoms with Gasteiger partial charge in [-0.25, -0.2) is 0 Å². The molecular formula is C22H23NO6. The van der Waals surface area contributed by atoms with Crippen molar-refractivity contribution in [3.63, 3.8) is 0 Å². The Bertz CT molecular complexity index is 1080. The van der Waals surface area contributed by atoms with E-state index >= 15 is 0 Å². The van der Waals surface area contributed by atoms with E-state index in [0.29, 0.717) is 52.4 Å². The van der Waals surface area contributed by atoms with Crippen LogP contribution in [0.3, 0.4) is 0 Å². The highest BCUT2D eigenvalue weighted by molar-refractivity contribution is 5.85. The number of hydrogen-bond acceptors (Lipinski definition) is 7. The van der Waals surface area contributed by atoms with Crippen LogP contribution in [0.1, 0.15) is 12.0 Å². The van der Waals surface area contributed by atoms with Crippen LogP contribution >= 0.6 is 0 Å². The molecule has 0 aliphatic carbocycles. The fourth-order valence-electron chi connectivity index (χ4n) is 3.60. The van der Waals surface area contributed by atoms with E-state index in [1.165, 1.54) is 12.3 Å². The highest BCUT2D eigenvalue weighted by Crippen LogP contribution is 2.33. The number of methoxy groups -OCH3 is 2. The molecule has 0 unspecified atom stereocenters. The van der Waals surface area contributed by atoms with Gasteiger partial charge in [0.2, 0.25) is 5.43 Å². The van der Waals surface area contributed by atoms with Crippen LogP contribution in [-0.2, 0) is 11.3 Å². The van der Waals surface area contributed by atoms with Gasteiger partial charge in [-0.1, -0.05) is 6.07 Å². The summed E-state index contributed by atoms with van der Waals surface area (Å²) in [5, 5.41) is 10.8. The lowest BCUT2D eigenvalue weighted by atomic mass is 10.0. The Morgan fingerprint density at radius 3 is 2.69 bits per heavy atom. The van der Waals surface area contributed by atoms with Crippen LogP contribution in [0, 0.1) is 0 Å². The first-order chi connectivity index (χ1) is 14.1. The Hall–Kier alpha value is -3.03. The summed E-state index contributed by atoms with van der Waals surface area (Å²) < 4.78 is 21.9. The zero-order valence-electron chi connectivity index (χ0n) is 16.4.